The van der Waals surface area contributed by atoms with Crippen LogP contribution < -0.4 is 14.4 Å². The molecule has 3 aromatic rings. The summed E-state index contributed by atoms with van der Waals surface area (Å²) in [7, 11) is -3.39. The molecular formula is C25H30N2O5S. The molecule has 0 aliphatic heterocycles. The van der Waals surface area contributed by atoms with Crippen LogP contribution in [0.4, 0.5) is 11.4 Å². The summed E-state index contributed by atoms with van der Waals surface area (Å²) in [5.74, 6) is 0.608. The van der Waals surface area contributed by atoms with E-state index >= 15 is 0 Å². The summed E-state index contributed by atoms with van der Waals surface area (Å²) in [6, 6.07) is 23.2. The topological polar surface area (TPSA) is 99.1 Å². The van der Waals surface area contributed by atoms with Crippen LogP contribution in [0.3, 0.4) is 0 Å². The third kappa shape index (κ3) is 7.49. The number of ether oxygens (including phenoxy) is 1. The molecule has 0 aliphatic carbocycles. The third-order valence-electron chi connectivity index (χ3n) is 5.11. The van der Waals surface area contributed by atoms with Gasteiger partial charge >= 0.3 is 0 Å². The molecular weight excluding hydrogens is 440 g/mol. The van der Waals surface area contributed by atoms with Crippen LogP contribution in [0, 0.1) is 6.92 Å². The van der Waals surface area contributed by atoms with Gasteiger partial charge in [-0.1, -0.05) is 48.5 Å². The van der Waals surface area contributed by atoms with E-state index in [0.29, 0.717) is 24.5 Å². The highest BCUT2D eigenvalue weighted by molar-refractivity contribution is 7.92. The minimum Gasteiger partial charge on any atom is -0.491 e. The minimum absolute atomic E-state index is 0.0231. The fourth-order valence-corrected chi connectivity index (χ4v) is 4.08. The monoisotopic (exact) mass is 470 g/mol. The predicted octanol–water partition coefficient (Wildman–Crippen LogP) is 3.31. The average Bonchev–Trinajstić information content (AvgIpc) is 2.79. The van der Waals surface area contributed by atoms with Crippen LogP contribution in [0.2, 0.25) is 0 Å². The van der Waals surface area contributed by atoms with E-state index in [2.05, 4.69) is 21.8 Å². The average molecular weight is 471 g/mol. The molecule has 8 heteroatoms. The van der Waals surface area contributed by atoms with Crippen molar-refractivity contribution in [2.45, 2.75) is 26.1 Å². The van der Waals surface area contributed by atoms with Gasteiger partial charge < -0.3 is 19.8 Å². The SMILES string of the molecule is Cc1c(NS(C)(=O)=O)cccc1N(Cc1ccccc1)Cc1ccc(OCC(O)CO)cc1. The van der Waals surface area contributed by atoms with Crippen LogP contribution in [0.15, 0.2) is 72.8 Å². The number of aliphatic hydroxyl groups excluding tert-OH is 2. The lowest BCUT2D eigenvalue weighted by molar-refractivity contribution is 0.0536. The van der Waals surface area contributed by atoms with Gasteiger partial charge in [0.05, 0.1) is 18.6 Å². The number of rotatable bonds is 11. The molecule has 0 aliphatic rings. The van der Waals surface area contributed by atoms with Crippen molar-refractivity contribution >= 4 is 21.4 Å². The third-order valence-corrected chi connectivity index (χ3v) is 5.70. The Labute approximate surface area is 195 Å². The number of benzene rings is 3. The molecule has 1 unspecified atom stereocenters. The summed E-state index contributed by atoms with van der Waals surface area (Å²) in [4.78, 5) is 2.20. The molecule has 0 saturated carbocycles. The van der Waals surface area contributed by atoms with E-state index in [1.807, 2.05) is 61.5 Å². The first-order valence-corrected chi connectivity index (χ1v) is 12.5. The molecule has 0 amide bonds. The van der Waals surface area contributed by atoms with E-state index in [-0.39, 0.29) is 13.2 Å². The van der Waals surface area contributed by atoms with Gasteiger partial charge in [0, 0.05) is 18.8 Å². The van der Waals surface area contributed by atoms with Crippen molar-refractivity contribution < 1.29 is 23.4 Å². The lowest BCUT2D eigenvalue weighted by Crippen LogP contribution is -2.23. The Morgan fingerprint density at radius 2 is 1.58 bits per heavy atom. The normalized spacial score (nSPS) is 12.2. The second-order valence-electron chi connectivity index (χ2n) is 7.96. The van der Waals surface area contributed by atoms with Crippen molar-refractivity contribution in [2.24, 2.45) is 0 Å². The summed E-state index contributed by atoms with van der Waals surface area (Å²) >= 11 is 0. The zero-order chi connectivity index (χ0) is 23.8. The van der Waals surface area contributed by atoms with Gasteiger partial charge in [-0.3, -0.25) is 4.72 Å². The number of nitrogens with zero attached hydrogens (tertiary/aromatic N) is 1. The Bertz CT molecular complexity index is 1140. The maximum atomic E-state index is 11.8. The Morgan fingerprint density at radius 3 is 2.18 bits per heavy atom. The molecule has 3 rings (SSSR count). The fraction of sp³-hybridized carbons (Fsp3) is 0.280. The van der Waals surface area contributed by atoms with Crippen LogP contribution in [0.5, 0.6) is 5.75 Å². The second-order valence-corrected chi connectivity index (χ2v) is 9.71. The molecule has 0 radical (unpaired) electrons. The molecule has 1 atom stereocenters. The first kappa shape index (κ1) is 24.6. The van der Waals surface area contributed by atoms with Crippen molar-refractivity contribution in [2.75, 3.05) is 29.1 Å². The molecule has 0 aromatic heterocycles. The summed E-state index contributed by atoms with van der Waals surface area (Å²) in [6.07, 6.45) is 0.228. The van der Waals surface area contributed by atoms with Crippen LogP contribution in [-0.4, -0.2) is 44.2 Å². The Balaban J connectivity index is 1.86. The van der Waals surface area contributed by atoms with E-state index in [1.165, 1.54) is 0 Å². The lowest BCUT2D eigenvalue weighted by Gasteiger charge is -2.28. The van der Waals surface area contributed by atoms with E-state index in [4.69, 9.17) is 9.84 Å². The maximum absolute atomic E-state index is 11.8. The number of hydrogen-bond donors (Lipinski definition) is 3. The maximum Gasteiger partial charge on any atom is 0.229 e. The van der Waals surface area contributed by atoms with E-state index in [0.717, 1.165) is 28.6 Å². The van der Waals surface area contributed by atoms with Crippen LogP contribution in [0.25, 0.3) is 0 Å². The van der Waals surface area contributed by atoms with Gasteiger partial charge in [0.1, 0.15) is 18.5 Å². The van der Waals surface area contributed by atoms with E-state index in [9.17, 15) is 13.5 Å². The van der Waals surface area contributed by atoms with Crippen LogP contribution in [0.1, 0.15) is 16.7 Å². The molecule has 7 nitrogen and oxygen atoms in total. The number of anilines is 2. The zero-order valence-corrected chi connectivity index (χ0v) is 19.6. The molecule has 0 fully saturated rings. The smallest absolute Gasteiger partial charge is 0.229 e. The zero-order valence-electron chi connectivity index (χ0n) is 18.8. The van der Waals surface area contributed by atoms with Gasteiger partial charge in [0.2, 0.25) is 10.0 Å². The van der Waals surface area contributed by atoms with Gasteiger partial charge in [-0.15, -0.1) is 0 Å². The first-order valence-electron chi connectivity index (χ1n) is 10.6. The van der Waals surface area contributed by atoms with Crippen molar-refractivity contribution in [1.82, 2.24) is 0 Å². The Kier molecular flexibility index (Phi) is 8.32. The van der Waals surface area contributed by atoms with Crippen molar-refractivity contribution in [3.63, 3.8) is 0 Å². The van der Waals surface area contributed by atoms with Gasteiger partial charge in [0.25, 0.3) is 0 Å². The molecule has 3 N–H and O–H groups in total. The number of aliphatic hydroxyl groups is 2. The molecule has 3 aromatic carbocycles. The quantitative estimate of drug-likeness (QED) is 0.398. The van der Waals surface area contributed by atoms with Crippen LogP contribution in [-0.2, 0) is 23.1 Å². The summed E-state index contributed by atoms with van der Waals surface area (Å²) < 4.78 is 31.7. The fourth-order valence-electron chi connectivity index (χ4n) is 3.46. The van der Waals surface area contributed by atoms with Crippen LogP contribution >= 0.6 is 0 Å². The molecule has 0 heterocycles. The number of nitrogens with one attached hydrogen (secondary N) is 1. The van der Waals surface area contributed by atoms with Gasteiger partial charge in [-0.2, -0.15) is 0 Å². The molecule has 0 bridgehead atoms. The Hall–Kier alpha value is -3.07. The molecule has 33 heavy (non-hydrogen) atoms. The van der Waals surface area contributed by atoms with Crippen molar-refractivity contribution in [1.29, 1.82) is 0 Å². The standard InChI is InChI=1S/C25H30N2O5S/c1-19-24(26-33(2,30)31)9-6-10-25(19)27(15-20-7-4-3-5-8-20)16-21-11-13-23(14-12-21)32-18-22(29)17-28/h3-14,22,26,28-29H,15-18H2,1-2H3. The summed E-state index contributed by atoms with van der Waals surface area (Å²) in [5.41, 5.74) is 4.51. The van der Waals surface area contributed by atoms with E-state index in [1.54, 1.807) is 6.07 Å². The summed E-state index contributed by atoms with van der Waals surface area (Å²) in [6.45, 7) is 2.82. The highest BCUT2D eigenvalue weighted by Gasteiger charge is 2.15. The van der Waals surface area contributed by atoms with E-state index < -0.39 is 16.1 Å². The van der Waals surface area contributed by atoms with Gasteiger partial charge in [-0.25, -0.2) is 8.42 Å². The highest BCUT2D eigenvalue weighted by atomic mass is 32.2. The lowest BCUT2D eigenvalue weighted by atomic mass is 10.1. The Morgan fingerprint density at radius 1 is 0.939 bits per heavy atom. The minimum atomic E-state index is -3.39. The van der Waals surface area contributed by atoms with Gasteiger partial charge in [-0.05, 0) is 47.9 Å². The predicted molar refractivity (Wildman–Crippen MR) is 131 cm³/mol. The molecule has 0 spiro atoms. The van der Waals surface area contributed by atoms with Crippen molar-refractivity contribution in [3.8, 4) is 5.75 Å². The molecule has 176 valence electrons. The highest BCUT2D eigenvalue weighted by Crippen LogP contribution is 2.30. The molecule has 0 saturated heterocycles. The largest absolute Gasteiger partial charge is 0.491 e. The number of sulfonamides is 1. The summed E-state index contributed by atoms with van der Waals surface area (Å²) in [5, 5.41) is 18.4. The number of hydrogen-bond acceptors (Lipinski definition) is 6. The van der Waals surface area contributed by atoms with Gasteiger partial charge in [0.15, 0.2) is 0 Å². The second kappa shape index (κ2) is 11.2. The van der Waals surface area contributed by atoms with Crippen molar-refractivity contribution in [3.05, 3.63) is 89.5 Å². The first-order chi connectivity index (χ1) is 15.7.